The van der Waals surface area contributed by atoms with Crippen molar-refractivity contribution in [3.63, 3.8) is 0 Å². The van der Waals surface area contributed by atoms with E-state index in [0.29, 0.717) is 12.5 Å². The molecule has 0 amide bonds. The van der Waals surface area contributed by atoms with Crippen LogP contribution in [0.5, 0.6) is 0 Å². The summed E-state index contributed by atoms with van der Waals surface area (Å²) in [5.74, 6) is 0.646. The minimum absolute atomic E-state index is 0.646. The molecule has 3 aromatic rings. The molecule has 0 aliphatic rings. The van der Waals surface area contributed by atoms with Gasteiger partial charge < -0.3 is 5.32 Å². The first kappa shape index (κ1) is 13.3. The second kappa shape index (κ2) is 5.75. The summed E-state index contributed by atoms with van der Waals surface area (Å²) in [7, 11) is 1.92. The zero-order valence-electron chi connectivity index (χ0n) is 12.1. The van der Waals surface area contributed by atoms with Crippen LogP contribution >= 0.6 is 0 Å². The van der Waals surface area contributed by atoms with Gasteiger partial charge in [-0.3, -0.25) is 4.68 Å². The van der Waals surface area contributed by atoms with Crippen molar-refractivity contribution in [2.24, 2.45) is 7.05 Å². The van der Waals surface area contributed by atoms with Crippen molar-refractivity contribution in [1.82, 2.24) is 19.7 Å². The van der Waals surface area contributed by atoms with E-state index in [1.54, 1.807) is 17.1 Å². The molecular weight excluding hydrogens is 262 g/mol. The first-order chi connectivity index (χ1) is 10.2. The van der Waals surface area contributed by atoms with Crippen LogP contribution in [-0.4, -0.2) is 19.7 Å². The molecule has 5 heteroatoms. The minimum atomic E-state index is 0.646. The van der Waals surface area contributed by atoms with E-state index in [-0.39, 0.29) is 0 Å². The van der Waals surface area contributed by atoms with Crippen molar-refractivity contribution in [3.05, 3.63) is 60.2 Å². The van der Waals surface area contributed by atoms with Crippen molar-refractivity contribution in [2.75, 3.05) is 5.32 Å². The predicted octanol–water partition coefficient (Wildman–Crippen LogP) is 2.80. The van der Waals surface area contributed by atoms with Crippen LogP contribution < -0.4 is 5.32 Å². The van der Waals surface area contributed by atoms with E-state index in [0.717, 1.165) is 16.7 Å². The Hall–Kier alpha value is -2.69. The third-order valence-corrected chi connectivity index (χ3v) is 3.20. The monoisotopic (exact) mass is 279 g/mol. The summed E-state index contributed by atoms with van der Waals surface area (Å²) in [5.41, 5.74) is 4.51. The van der Waals surface area contributed by atoms with Crippen LogP contribution in [0.2, 0.25) is 0 Å². The van der Waals surface area contributed by atoms with E-state index >= 15 is 0 Å². The summed E-state index contributed by atoms with van der Waals surface area (Å²) in [4.78, 5) is 8.48. The fourth-order valence-electron chi connectivity index (χ4n) is 2.10. The van der Waals surface area contributed by atoms with Crippen LogP contribution in [0, 0.1) is 6.92 Å². The van der Waals surface area contributed by atoms with Gasteiger partial charge in [0, 0.05) is 37.7 Å². The number of anilines is 1. The lowest BCUT2D eigenvalue weighted by Crippen LogP contribution is -2.03. The SMILES string of the molecule is Cc1cnc(NCc2cccc(-c3cnn(C)c3)c2)nc1. The number of nitrogens with zero attached hydrogens (tertiary/aromatic N) is 4. The molecule has 0 saturated carbocycles. The number of benzene rings is 1. The zero-order chi connectivity index (χ0) is 14.7. The molecule has 0 fully saturated rings. The molecule has 0 radical (unpaired) electrons. The number of hydrogen-bond acceptors (Lipinski definition) is 4. The Morgan fingerprint density at radius 1 is 1.10 bits per heavy atom. The number of rotatable bonds is 4. The van der Waals surface area contributed by atoms with Crippen molar-refractivity contribution in [3.8, 4) is 11.1 Å². The second-order valence-corrected chi connectivity index (χ2v) is 5.04. The van der Waals surface area contributed by atoms with Gasteiger partial charge in [-0.2, -0.15) is 5.10 Å². The molecule has 0 bridgehead atoms. The van der Waals surface area contributed by atoms with Crippen molar-refractivity contribution in [2.45, 2.75) is 13.5 Å². The van der Waals surface area contributed by atoms with E-state index in [2.05, 4.69) is 44.6 Å². The van der Waals surface area contributed by atoms with E-state index < -0.39 is 0 Å². The van der Waals surface area contributed by atoms with Gasteiger partial charge in [0.2, 0.25) is 5.95 Å². The van der Waals surface area contributed by atoms with Gasteiger partial charge in [0.15, 0.2) is 0 Å². The molecular formula is C16H17N5. The molecule has 2 heterocycles. The maximum absolute atomic E-state index is 4.24. The largest absolute Gasteiger partial charge is 0.350 e. The first-order valence-electron chi connectivity index (χ1n) is 6.81. The second-order valence-electron chi connectivity index (χ2n) is 5.04. The Labute approximate surface area is 123 Å². The third-order valence-electron chi connectivity index (χ3n) is 3.20. The normalized spacial score (nSPS) is 10.6. The Kier molecular flexibility index (Phi) is 3.64. The molecule has 0 spiro atoms. The fourth-order valence-corrected chi connectivity index (χ4v) is 2.10. The topological polar surface area (TPSA) is 55.6 Å². The summed E-state index contributed by atoms with van der Waals surface area (Å²) < 4.78 is 1.81. The number of hydrogen-bond donors (Lipinski definition) is 1. The van der Waals surface area contributed by atoms with Gasteiger partial charge in [-0.15, -0.1) is 0 Å². The lowest BCUT2D eigenvalue weighted by molar-refractivity contribution is 0.768. The maximum atomic E-state index is 4.24. The number of nitrogens with one attached hydrogen (secondary N) is 1. The minimum Gasteiger partial charge on any atom is -0.350 e. The van der Waals surface area contributed by atoms with Crippen LogP contribution in [0.3, 0.4) is 0 Å². The standard InChI is InChI=1S/C16H17N5/c1-12-7-17-16(18-8-12)19-9-13-4-3-5-14(6-13)15-10-20-21(2)11-15/h3-8,10-11H,9H2,1-2H3,(H,17,18,19). The lowest BCUT2D eigenvalue weighted by atomic mass is 10.1. The van der Waals surface area contributed by atoms with Gasteiger partial charge >= 0.3 is 0 Å². The molecule has 21 heavy (non-hydrogen) atoms. The van der Waals surface area contributed by atoms with Crippen molar-refractivity contribution < 1.29 is 0 Å². The predicted molar refractivity (Wildman–Crippen MR) is 82.7 cm³/mol. The van der Waals surface area contributed by atoms with Gasteiger partial charge in [-0.1, -0.05) is 18.2 Å². The molecule has 2 aromatic heterocycles. The highest BCUT2D eigenvalue weighted by molar-refractivity contribution is 5.62. The van der Waals surface area contributed by atoms with Gasteiger partial charge in [-0.05, 0) is 29.7 Å². The summed E-state index contributed by atoms with van der Waals surface area (Å²) in [6.45, 7) is 2.66. The Bertz CT molecular complexity index is 730. The molecule has 106 valence electrons. The van der Waals surface area contributed by atoms with E-state index in [1.165, 1.54) is 5.56 Å². The molecule has 1 N–H and O–H groups in total. The van der Waals surface area contributed by atoms with Gasteiger partial charge in [0.05, 0.1) is 6.20 Å². The summed E-state index contributed by atoms with van der Waals surface area (Å²) in [5, 5.41) is 7.43. The molecule has 0 unspecified atom stereocenters. The van der Waals surface area contributed by atoms with Crippen LogP contribution in [0.4, 0.5) is 5.95 Å². The van der Waals surface area contributed by atoms with E-state index in [4.69, 9.17) is 0 Å². The van der Waals surface area contributed by atoms with Crippen molar-refractivity contribution in [1.29, 1.82) is 0 Å². The van der Waals surface area contributed by atoms with E-state index in [9.17, 15) is 0 Å². The molecule has 0 aliphatic heterocycles. The highest BCUT2D eigenvalue weighted by Crippen LogP contribution is 2.19. The van der Waals surface area contributed by atoms with Crippen LogP contribution in [-0.2, 0) is 13.6 Å². The lowest BCUT2D eigenvalue weighted by Gasteiger charge is -2.06. The zero-order valence-corrected chi connectivity index (χ0v) is 12.1. The Balaban J connectivity index is 1.73. The third kappa shape index (κ3) is 3.25. The van der Waals surface area contributed by atoms with Gasteiger partial charge in [0.25, 0.3) is 0 Å². The molecule has 5 nitrogen and oxygen atoms in total. The molecule has 3 rings (SSSR count). The Morgan fingerprint density at radius 3 is 2.62 bits per heavy atom. The maximum Gasteiger partial charge on any atom is 0.222 e. The van der Waals surface area contributed by atoms with Gasteiger partial charge in [0.1, 0.15) is 0 Å². The Morgan fingerprint density at radius 2 is 1.90 bits per heavy atom. The molecule has 1 aromatic carbocycles. The number of aromatic nitrogens is 4. The summed E-state index contributed by atoms with van der Waals surface area (Å²) in [6, 6.07) is 8.37. The van der Waals surface area contributed by atoms with Gasteiger partial charge in [-0.25, -0.2) is 9.97 Å². The van der Waals surface area contributed by atoms with Crippen LogP contribution in [0.25, 0.3) is 11.1 Å². The first-order valence-corrected chi connectivity index (χ1v) is 6.81. The van der Waals surface area contributed by atoms with Crippen molar-refractivity contribution >= 4 is 5.95 Å². The molecule has 0 aliphatic carbocycles. The quantitative estimate of drug-likeness (QED) is 0.798. The van der Waals surface area contributed by atoms with Crippen LogP contribution in [0.15, 0.2) is 49.1 Å². The van der Waals surface area contributed by atoms with E-state index in [1.807, 2.05) is 26.4 Å². The molecule has 0 saturated heterocycles. The fraction of sp³-hybridized carbons (Fsp3) is 0.188. The number of aryl methyl sites for hydroxylation is 2. The average molecular weight is 279 g/mol. The summed E-state index contributed by atoms with van der Waals surface area (Å²) >= 11 is 0. The smallest absolute Gasteiger partial charge is 0.222 e. The van der Waals surface area contributed by atoms with Crippen LogP contribution in [0.1, 0.15) is 11.1 Å². The highest BCUT2D eigenvalue weighted by atomic mass is 15.2. The summed E-state index contributed by atoms with van der Waals surface area (Å²) in [6.07, 6.45) is 7.49. The highest BCUT2D eigenvalue weighted by Gasteiger charge is 2.02. The molecule has 0 atom stereocenters. The average Bonchev–Trinajstić information content (AvgIpc) is 2.94.